The van der Waals surface area contributed by atoms with Gasteiger partial charge in [0.2, 0.25) is 0 Å². The third-order valence-corrected chi connectivity index (χ3v) is 3.23. The highest BCUT2D eigenvalue weighted by Gasteiger charge is 2.12. The van der Waals surface area contributed by atoms with Crippen molar-refractivity contribution < 1.29 is 13.9 Å². The zero-order chi connectivity index (χ0) is 16.9. The van der Waals surface area contributed by atoms with Crippen molar-refractivity contribution in [3.8, 4) is 11.5 Å². The summed E-state index contributed by atoms with van der Waals surface area (Å²) < 4.78 is 18.8. The minimum atomic E-state index is -0.398. The molecule has 3 heterocycles. The molecule has 120 valence electrons. The quantitative estimate of drug-likeness (QED) is 0.672. The lowest BCUT2D eigenvalue weighted by Gasteiger charge is -2.06. The molecule has 0 amide bonds. The molecule has 3 aromatic heterocycles. The van der Waals surface area contributed by atoms with Crippen LogP contribution in [-0.2, 0) is 6.42 Å². The van der Waals surface area contributed by atoms with Crippen molar-refractivity contribution in [3.63, 3.8) is 0 Å². The van der Waals surface area contributed by atoms with Gasteiger partial charge in [-0.3, -0.25) is 14.8 Å². The number of halogens is 1. The van der Waals surface area contributed by atoms with E-state index in [9.17, 15) is 9.18 Å². The van der Waals surface area contributed by atoms with E-state index in [1.807, 2.05) is 0 Å². The third-order valence-electron chi connectivity index (χ3n) is 3.23. The van der Waals surface area contributed by atoms with E-state index in [-0.39, 0.29) is 17.9 Å². The monoisotopic (exact) mass is 324 g/mol. The predicted molar refractivity (Wildman–Crippen MR) is 83.3 cm³/mol. The van der Waals surface area contributed by atoms with Crippen molar-refractivity contribution in [1.82, 2.24) is 19.9 Å². The SMILES string of the molecule is Cc1cc(CC(=O)c2cc(Oc3cncnc3)ccn2)ncc1F. The molecule has 6 nitrogen and oxygen atoms in total. The molecule has 0 N–H and O–H groups in total. The summed E-state index contributed by atoms with van der Waals surface area (Å²) in [6.07, 6.45) is 7.05. The number of ketones is 1. The van der Waals surface area contributed by atoms with Crippen LogP contribution in [0.1, 0.15) is 21.7 Å². The molecule has 0 radical (unpaired) electrons. The van der Waals surface area contributed by atoms with E-state index < -0.39 is 5.82 Å². The number of Topliss-reactive ketones (excluding diaryl/α,β-unsaturated/α-hetero) is 1. The maximum Gasteiger partial charge on any atom is 0.187 e. The summed E-state index contributed by atoms with van der Waals surface area (Å²) in [4.78, 5) is 28.0. The van der Waals surface area contributed by atoms with Crippen LogP contribution in [-0.4, -0.2) is 25.7 Å². The number of ether oxygens (including phenoxy) is 1. The van der Waals surface area contributed by atoms with Crippen LogP contribution in [0.4, 0.5) is 4.39 Å². The van der Waals surface area contributed by atoms with Crippen LogP contribution in [0.5, 0.6) is 11.5 Å². The van der Waals surface area contributed by atoms with Gasteiger partial charge in [-0.2, -0.15) is 0 Å². The Morgan fingerprint density at radius 3 is 2.67 bits per heavy atom. The maximum absolute atomic E-state index is 13.2. The Balaban J connectivity index is 1.75. The van der Waals surface area contributed by atoms with Gasteiger partial charge in [0.15, 0.2) is 11.5 Å². The number of pyridine rings is 2. The number of carbonyl (C=O) groups excluding carboxylic acids is 1. The summed E-state index contributed by atoms with van der Waals surface area (Å²) in [5.41, 5.74) is 1.18. The van der Waals surface area contributed by atoms with E-state index in [4.69, 9.17) is 4.74 Å². The first kappa shape index (κ1) is 15.7. The molecule has 0 aliphatic heterocycles. The van der Waals surface area contributed by atoms with Crippen LogP contribution in [0.25, 0.3) is 0 Å². The topological polar surface area (TPSA) is 77.9 Å². The van der Waals surface area contributed by atoms with Gasteiger partial charge in [-0.05, 0) is 24.6 Å². The van der Waals surface area contributed by atoms with E-state index in [0.29, 0.717) is 22.8 Å². The Bertz CT molecular complexity index is 871. The minimum absolute atomic E-state index is 0.0338. The first-order chi connectivity index (χ1) is 11.6. The van der Waals surface area contributed by atoms with Crippen molar-refractivity contribution in [3.05, 3.63) is 72.1 Å². The van der Waals surface area contributed by atoms with Crippen LogP contribution < -0.4 is 4.74 Å². The van der Waals surface area contributed by atoms with E-state index in [1.54, 1.807) is 19.1 Å². The lowest BCUT2D eigenvalue weighted by Crippen LogP contribution is -2.08. The van der Waals surface area contributed by atoms with Gasteiger partial charge in [0.25, 0.3) is 0 Å². The van der Waals surface area contributed by atoms with Gasteiger partial charge in [0.05, 0.1) is 25.0 Å². The molecular weight excluding hydrogens is 311 g/mol. The van der Waals surface area contributed by atoms with Gasteiger partial charge in [0.1, 0.15) is 23.6 Å². The number of nitrogens with zero attached hydrogens (tertiary/aromatic N) is 4. The number of hydrogen-bond acceptors (Lipinski definition) is 6. The van der Waals surface area contributed by atoms with Crippen molar-refractivity contribution in [2.75, 3.05) is 0 Å². The van der Waals surface area contributed by atoms with Gasteiger partial charge in [0, 0.05) is 18.0 Å². The molecule has 0 saturated carbocycles. The highest BCUT2D eigenvalue weighted by molar-refractivity contribution is 5.95. The van der Waals surface area contributed by atoms with E-state index in [0.717, 1.165) is 6.20 Å². The largest absolute Gasteiger partial charge is 0.454 e. The number of aromatic nitrogens is 4. The lowest BCUT2D eigenvalue weighted by molar-refractivity contribution is 0.0987. The van der Waals surface area contributed by atoms with Crippen LogP contribution in [0, 0.1) is 12.7 Å². The van der Waals surface area contributed by atoms with Crippen molar-refractivity contribution >= 4 is 5.78 Å². The second-order valence-corrected chi connectivity index (χ2v) is 5.08. The summed E-state index contributed by atoms with van der Waals surface area (Å²) in [7, 11) is 0. The molecule has 0 unspecified atom stereocenters. The maximum atomic E-state index is 13.2. The van der Waals surface area contributed by atoms with Gasteiger partial charge < -0.3 is 4.74 Å². The van der Waals surface area contributed by atoms with Crippen molar-refractivity contribution in [2.45, 2.75) is 13.3 Å². The molecule has 0 aromatic carbocycles. The van der Waals surface area contributed by atoms with Crippen LogP contribution in [0.2, 0.25) is 0 Å². The number of carbonyl (C=O) groups is 1. The van der Waals surface area contributed by atoms with Gasteiger partial charge in [-0.1, -0.05) is 0 Å². The Labute approximate surface area is 137 Å². The van der Waals surface area contributed by atoms with Crippen molar-refractivity contribution in [2.24, 2.45) is 0 Å². The summed E-state index contributed by atoms with van der Waals surface area (Å²) in [5, 5.41) is 0. The van der Waals surface area contributed by atoms with Gasteiger partial charge in [-0.25, -0.2) is 14.4 Å². The standard InChI is InChI=1S/C17H13FN4O2/c1-11-4-12(22-9-15(11)18)5-17(23)16-6-13(2-3-21-16)24-14-7-19-10-20-8-14/h2-4,6-10H,5H2,1H3. The third kappa shape index (κ3) is 3.75. The van der Waals surface area contributed by atoms with E-state index in [2.05, 4.69) is 19.9 Å². The normalized spacial score (nSPS) is 10.4. The fourth-order valence-corrected chi connectivity index (χ4v) is 2.05. The van der Waals surface area contributed by atoms with Crippen LogP contribution >= 0.6 is 0 Å². The van der Waals surface area contributed by atoms with Crippen molar-refractivity contribution in [1.29, 1.82) is 0 Å². The molecule has 0 atom stereocenters. The molecule has 0 aliphatic carbocycles. The zero-order valence-electron chi connectivity index (χ0n) is 12.8. The summed E-state index contributed by atoms with van der Waals surface area (Å²) >= 11 is 0. The number of aryl methyl sites for hydroxylation is 1. The molecular formula is C17H13FN4O2. The van der Waals surface area contributed by atoms with E-state index >= 15 is 0 Å². The molecule has 0 spiro atoms. The van der Waals surface area contributed by atoms with Gasteiger partial charge in [-0.15, -0.1) is 0 Å². The highest BCUT2D eigenvalue weighted by atomic mass is 19.1. The Morgan fingerprint density at radius 1 is 1.12 bits per heavy atom. The molecule has 0 bridgehead atoms. The van der Waals surface area contributed by atoms with Gasteiger partial charge >= 0.3 is 0 Å². The smallest absolute Gasteiger partial charge is 0.187 e. The molecule has 0 fully saturated rings. The Hall–Kier alpha value is -3.22. The Kier molecular flexibility index (Phi) is 4.51. The first-order valence-corrected chi connectivity index (χ1v) is 7.15. The second-order valence-electron chi connectivity index (χ2n) is 5.08. The summed E-state index contributed by atoms with van der Waals surface area (Å²) in [6, 6.07) is 4.71. The number of rotatable bonds is 5. The number of hydrogen-bond donors (Lipinski definition) is 0. The Morgan fingerprint density at radius 2 is 1.92 bits per heavy atom. The fraction of sp³-hybridized carbons (Fsp3) is 0.118. The highest BCUT2D eigenvalue weighted by Crippen LogP contribution is 2.20. The molecule has 0 aliphatic rings. The molecule has 3 aromatic rings. The fourth-order valence-electron chi connectivity index (χ4n) is 2.05. The second kappa shape index (κ2) is 6.91. The molecule has 7 heteroatoms. The molecule has 0 saturated heterocycles. The zero-order valence-corrected chi connectivity index (χ0v) is 12.8. The molecule has 3 rings (SSSR count). The van der Waals surface area contributed by atoms with Crippen LogP contribution in [0.3, 0.4) is 0 Å². The average molecular weight is 324 g/mol. The first-order valence-electron chi connectivity index (χ1n) is 7.15. The summed E-state index contributed by atoms with van der Waals surface area (Å²) in [6.45, 7) is 1.62. The molecule has 24 heavy (non-hydrogen) atoms. The predicted octanol–water partition coefficient (Wildman–Crippen LogP) is 2.93. The average Bonchev–Trinajstić information content (AvgIpc) is 2.59. The summed E-state index contributed by atoms with van der Waals surface area (Å²) in [5.74, 6) is 0.275. The minimum Gasteiger partial charge on any atom is -0.454 e. The lowest BCUT2D eigenvalue weighted by atomic mass is 10.1. The van der Waals surface area contributed by atoms with E-state index in [1.165, 1.54) is 31.0 Å². The van der Waals surface area contributed by atoms with Crippen LogP contribution in [0.15, 0.2) is 49.3 Å².